The van der Waals surface area contributed by atoms with Crippen molar-refractivity contribution < 1.29 is 8.42 Å². The van der Waals surface area contributed by atoms with E-state index in [1.807, 2.05) is 6.92 Å². The van der Waals surface area contributed by atoms with Gasteiger partial charge in [-0.2, -0.15) is 0 Å². The van der Waals surface area contributed by atoms with Gasteiger partial charge in [0.1, 0.15) is 0 Å². The Morgan fingerprint density at radius 1 is 1.39 bits per heavy atom. The lowest BCUT2D eigenvalue weighted by Crippen LogP contribution is -2.50. The van der Waals surface area contributed by atoms with E-state index in [4.69, 9.17) is 0 Å². The molecule has 2 atom stereocenters. The summed E-state index contributed by atoms with van der Waals surface area (Å²) < 4.78 is 27.1. The summed E-state index contributed by atoms with van der Waals surface area (Å²) in [6, 6.07) is 0.0766. The fourth-order valence-corrected chi connectivity index (χ4v) is 3.47. The number of nitrogens with zero attached hydrogens (tertiary/aromatic N) is 1. The summed E-state index contributed by atoms with van der Waals surface area (Å²) in [4.78, 5) is 2.30. The molecular weight excluding hydrogens is 250 g/mol. The molecule has 2 N–H and O–H groups in total. The summed E-state index contributed by atoms with van der Waals surface area (Å²) in [6.45, 7) is 10.1. The van der Waals surface area contributed by atoms with Crippen LogP contribution in [-0.2, 0) is 10.0 Å². The molecule has 6 heteroatoms. The number of sulfonamides is 1. The van der Waals surface area contributed by atoms with Gasteiger partial charge < -0.3 is 10.2 Å². The summed E-state index contributed by atoms with van der Waals surface area (Å²) in [5.41, 5.74) is 0. The Labute approximate surface area is 111 Å². The van der Waals surface area contributed by atoms with Gasteiger partial charge in [-0.15, -0.1) is 0 Å². The SMILES string of the molecule is CCNCC(C)S(=O)(=O)NC1CCCN(CC)C1. The number of hydrogen-bond donors (Lipinski definition) is 2. The second kappa shape index (κ2) is 7.43. The molecule has 0 saturated carbocycles. The van der Waals surface area contributed by atoms with Crippen molar-refractivity contribution in [3.8, 4) is 0 Å². The zero-order valence-corrected chi connectivity index (χ0v) is 12.6. The van der Waals surface area contributed by atoms with E-state index in [2.05, 4.69) is 21.9 Å². The number of piperidine rings is 1. The molecule has 108 valence electrons. The molecule has 1 heterocycles. The van der Waals surface area contributed by atoms with Gasteiger partial charge in [-0.3, -0.25) is 0 Å². The normalized spacial score (nSPS) is 24.1. The number of hydrogen-bond acceptors (Lipinski definition) is 4. The first kappa shape index (κ1) is 15.9. The average Bonchev–Trinajstić information content (AvgIpc) is 2.35. The molecule has 2 unspecified atom stereocenters. The Balaban J connectivity index is 2.48. The third-order valence-corrected chi connectivity index (χ3v) is 5.38. The second-order valence-corrected chi connectivity index (χ2v) is 7.14. The summed E-state index contributed by atoms with van der Waals surface area (Å²) in [6.07, 6.45) is 2.02. The lowest BCUT2D eigenvalue weighted by Gasteiger charge is -2.32. The van der Waals surface area contributed by atoms with Gasteiger partial charge in [-0.05, 0) is 39.4 Å². The van der Waals surface area contributed by atoms with Crippen molar-refractivity contribution in [3.63, 3.8) is 0 Å². The molecule has 1 aliphatic rings. The molecule has 1 rings (SSSR count). The Hall–Kier alpha value is -0.170. The van der Waals surface area contributed by atoms with E-state index in [-0.39, 0.29) is 11.3 Å². The molecule has 1 aliphatic heterocycles. The van der Waals surface area contributed by atoms with Crippen LogP contribution >= 0.6 is 0 Å². The molecule has 5 nitrogen and oxygen atoms in total. The molecular formula is C12H27N3O2S. The van der Waals surface area contributed by atoms with Gasteiger partial charge in [0, 0.05) is 19.1 Å². The molecule has 1 fully saturated rings. The molecule has 0 aliphatic carbocycles. The zero-order chi connectivity index (χ0) is 13.6. The van der Waals surface area contributed by atoms with E-state index in [9.17, 15) is 8.42 Å². The molecule has 0 aromatic heterocycles. The van der Waals surface area contributed by atoms with Crippen LogP contribution in [0, 0.1) is 0 Å². The maximum absolute atomic E-state index is 12.1. The smallest absolute Gasteiger partial charge is 0.215 e. The Morgan fingerprint density at radius 2 is 2.11 bits per heavy atom. The topological polar surface area (TPSA) is 61.4 Å². The number of likely N-dealkylation sites (N-methyl/N-ethyl adjacent to an activating group) is 1. The van der Waals surface area contributed by atoms with Crippen molar-refractivity contribution in [2.24, 2.45) is 0 Å². The zero-order valence-electron chi connectivity index (χ0n) is 11.8. The summed E-state index contributed by atoms with van der Waals surface area (Å²) in [5.74, 6) is 0. The van der Waals surface area contributed by atoms with Gasteiger partial charge in [-0.1, -0.05) is 13.8 Å². The van der Waals surface area contributed by atoms with Gasteiger partial charge in [-0.25, -0.2) is 13.1 Å². The third-order valence-electron chi connectivity index (χ3n) is 3.50. The van der Waals surface area contributed by atoms with E-state index in [1.54, 1.807) is 6.92 Å². The summed E-state index contributed by atoms with van der Waals surface area (Å²) in [5, 5.41) is 2.70. The van der Waals surface area contributed by atoms with Crippen molar-refractivity contribution >= 4 is 10.0 Å². The highest BCUT2D eigenvalue weighted by Gasteiger charge is 2.26. The Bertz CT molecular complexity index is 332. The van der Waals surface area contributed by atoms with Crippen molar-refractivity contribution in [2.45, 2.75) is 44.9 Å². The third kappa shape index (κ3) is 4.84. The Morgan fingerprint density at radius 3 is 2.72 bits per heavy atom. The lowest BCUT2D eigenvalue weighted by atomic mass is 10.1. The number of likely N-dealkylation sites (tertiary alicyclic amines) is 1. The predicted octanol–water partition coefficient (Wildman–Crippen LogP) is 0.388. The standard InChI is InChI=1S/C12H27N3O2S/c1-4-13-9-11(3)18(16,17)14-12-7-6-8-15(5-2)10-12/h11-14H,4-10H2,1-3H3. The minimum absolute atomic E-state index is 0.0766. The van der Waals surface area contributed by atoms with Crippen LogP contribution in [0.15, 0.2) is 0 Å². The fourth-order valence-electron chi connectivity index (χ4n) is 2.24. The first-order valence-corrected chi connectivity index (χ1v) is 8.48. The maximum atomic E-state index is 12.1. The van der Waals surface area contributed by atoms with Gasteiger partial charge in [0.05, 0.1) is 5.25 Å². The molecule has 0 amide bonds. The van der Waals surface area contributed by atoms with Crippen LogP contribution in [0.3, 0.4) is 0 Å². The van der Waals surface area contributed by atoms with Gasteiger partial charge >= 0.3 is 0 Å². The van der Waals surface area contributed by atoms with E-state index in [0.29, 0.717) is 6.54 Å². The van der Waals surface area contributed by atoms with E-state index in [1.165, 1.54) is 0 Å². The monoisotopic (exact) mass is 277 g/mol. The number of rotatable bonds is 7. The van der Waals surface area contributed by atoms with Crippen LogP contribution in [0.4, 0.5) is 0 Å². The van der Waals surface area contributed by atoms with E-state index in [0.717, 1.165) is 39.0 Å². The second-order valence-electron chi connectivity index (χ2n) is 5.01. The first-order valence-electron chi connectivity index (χ1n) is 6.93. The molecule has 1 saturated heterocycles. The van der Waals surface area contributed by atoms with Crippen LogP contribution in [-0.4, -0.2) is 57.3 Å². The lowest BCUT2D eigenvalue weighted by molar-refractivity contribution is 0.211. The van der Waals surface area contributed by atoms with E-state index < -0.39 is 10.0 Å². The predicted molar refractivity (Wildman–Crippen MR) is 75.2 cm³/mol. The minimum atomic E-state index is -3.20. The quantitative estimate of drug-likeness (QED) is 0.707. The molecule has 0 bridgehead atoms. The molecule has 0 radical (unpaired) electrons. The van der Waals surface area contributed by atoms with Crippen molar-refractivity contribution in [3.05, 3.63) is 0 Å². The van der Waals surface area contributed by atoms with Crippen LogP contribution in [0.1, 0.15) is 33.6 Å². The van der Waals surface area contributed by atoms with Crippen LogP contribution in [0.2, 0.25) is 0 Å². The Kier molecular flexibility index (Phi) is 6.55. The highest BCUT2D eigenvalue weighted by atomic mass is 32.2. The fraction of sp³-hybridized carbons (Fsp3) is 1.00. The van der Waals surface area contributed by atoms with Crippen LogP contribution < -0.4 is 10.0 Å². The van der Waals surface area contributed by atoms with E-state index >= 15 is 0 Å². The molecule has 0 aromatic carbocycles. The van der Waals surface area contributed by atoms with Crippen molar-refractivity contribution in [1.29, 1.82) is 0 Å². The average molecular weight is 277 g/mol. The van der Waals surface area contributed by atoms with Crippen LogP contribution in [0.25, 0.3) is 0 Å². The van der Waals surface area contributed by atoms with Crippen molar-refractivity contribution in [1.82, 2.24) is 14.9 Å². The molecule has 0 aromatic rings. The summed E-state index contributed by atoms with van der Waals surface area (Å²) in [7, 11) is -3.20. The highest BCUT2D eigenvalue weighted by Crippen LogP contribution is 2.11. The van der Waals surface area contributed by atoms with Crippen molar-refractivity contribution in [2.75, 3.05) is 32.7 Å². The van der Waals surface area contributed by atoms with Gasteiger partial charge in [0.15, 0.2) is 0 Å². The van der Waals surface area contributed by atoms with Gasteiger partial charge in [0.2, 0.25) is 10.0 Å². The largest absolute Gasteiger partial charge is 0.316 e. The van der Waals surface area contributed by atoms with Crippen LogP contribution in [0.5, 0.6) is 0 Å². The number of nitrogens with one attached hydrogen (secondary N) is 2. The first-order chi connectivity index (χ1) is 8.49. The van der Waals surface area contributed by atoms with Gasteiger partial charge in [0.25, 0.3) is 0 Å². The highest BCUT2D eigenvalue weighted by molar-refractivity contribution is 7.90. The molecule has 0 spiro atoms. The maximum Gasteiger partial charge on any atom is 0.215 e. The molecule has 18 heavy (non-hydrogen) atoms. The summed E-state index contributed by atoms with van der Waals surface area (Å²) >= 11 is 0. The minimum Gasteiger partial charge on any atom is -0.316 e.